The molecule has 0 amide bonds. The minimum atomic E-state index is -1.02. The van der Waals surface area contributed by atoms with Crippen LogP contribution in [0.25, 0.3) is 0 Å². The molecule has 0 heterocycles. The minimum absolute atomic E-state index is 0.278. The van der Waals surface area contributed by atoms with Crippen molar-refractivity contribution in [2.24, 2.45) is 5.92 Å². The number of anilines is 1. The molecule has 0 saturated heterocycles. The van der Waals surface area contributed by atoms with Gasteiger partial charge in [0.15, 0.2) is 0 Å². The number of halogens is 1. The van der Waals surface area contributed by atoms with Crippen LogP contribution >= 0.6 is 0 Å². The number of nitrogens with one attached hydrogen (secondary N) is 1. The van der Waals surface area contributed by atoms with Crippen molar-refractivity contribution in [3.8, 4) is 0 Å². The van der Waals surface area contributed by atoms with E-state index in [9.17, 15) is 14.3 Å². The van der Waals surface area contributed by atoms with Crippen molar-refractivity contribution in [3.05, 3.63) is 30.1 Å². The zero-order valence-electron chi connectivity index (χ0n) is 11.2. The fourth-order valence-corrected chi connectivity index (χ4v) is 2.79. The van der Waals surface area contributed by atoms with Gasteiger partial charge in [0.05, 0.1) is 5.69 Å². The molecule has 2 N–H and O–H groups in total. The number of hydrogen-bond donors (Lipinski definition) is 2. The topological polar surface area (TPSA) is 49.3 Å². The highest BCUT2D eigenvalue weighted by Crippen LogP contribution is 2.36. The lowest BCUT2D eigenvalue weighted by molar-refractivity contribution is -0.143. The largest absolute Gasteiger partial charge is 0.480 e. The van der Waals surface area contributed by atoms with E-state index in [1.54, 1.807) is 18.2 Å². The molecular formula is C15H20FNO2. The number of hydrogen-bond acceptors (Lipinski definition) is 2. The van der Waals surface area contributed by atoms with Crippen LogP contribution in [-0.2, 0) is 4.79 Å². The zero-order chi connectivity index (χ0) is 13.9. The molecule has 19 heavy (non-hydrogen) atoms. The minimum Gasteiger partial charge on any atom is -0.480 e. The Kier molecular flexibility index (Phi) is 4.08. The Morgan fingerprint density at radius 2 is 2.05 bits per heavy atom. The van der Waals surface area contributed by atoms with E-state index in [2.05, 4.69) is 12.2 Å². The normalized spacial score (nSPS) is 26.9. The fraction of sp³-hybridized carbons (Fsp3) is 0.533. The SMILES string of the molecule is CCC1CCC(Nc2ccccc2F)(C(=O)O)CC1. The molecule has 2 rings (SSSR count). The van der Waals surface area contributed by atoms with Crippen LogP contribution in [-0.4, -0.2) is 16.6 Å². The molecule has 1 aliphatic carbocycles. The van der Waals surface area contributed by atoms with Gasteiger partial charge < -0.3 is 10.4 Å². The summed E-state index contributed by atoms with van der Waals surface area (Å²) in [6.45, 7) is 2.13. The van der Waals surface area contributed by atoms with Crippen LogP contribution in [0.4, 0.5) is 10.1 Å². The monoisotopic (exact) mass is 265 g/mol. The van der Waals surface area contributed by atoms with Crippen molar-refractivity contribution >= 4 is 11.7 Å². The molecule has 1 fully saturated rings. The van der Waals surface area contributed by atoms with Gasteiger partial charge in [0, 0.05) is 0 Å². The average Bonchev–Trinajstić information content (AvgIpc) is 2.42. The van der Waals surface area contributed by atoms with Gasteiger partial charge in [0.1, 0.15) is 11.4 Å². The summed E-state index contributed by atoms with van der Waals surface area (Å²) in [5.41, 5.74) is -0.742. The van der Waals surface area contributed by atoms with Gasteiger partial charge in [-0.1, -0.05) is 25.5 Å². The highest BCUT2D eigenvalue weighted by Gasteiger charge is 2.42. The number of rotatable bonds is 4. The molecule has 4 heteroatoms. The second-order valence-corrected chi connectivity index (χ2v) is 5.34. The molecule has 0 aromatic heterocycles. The van der Waals surface area contributed by atoms with Crippen molar-refractivity contribution in [2.75, 3.05) is 5.32 Å². The maximum atomic E-state index is 13.7. The summed E-state index contributed by atoms with van der Waals surface area (Å²) in [5.74, 6) is -0.694. The van der Waals surface area contributed by atoms with Crippen molar-refractivity contribution in [1.29, 1.82) is 0 Å². The lowest BCUT2D eigenvalue weighted by Gasteiger charge is -2.38. The highest BCUT2D eigenvalue weighted by molar-refractivity contribution is 5.83. The summed E-state index contributed by atoms with van der Waals surface area (Å²) in [6.07, 6.45) is 3.94. The second-order valence-electron chi connectivity index (χ2n) is 5.34. The van der Waals surface area contributed by atoms with Gasteiger partial charge in [0.25, 0.3) is 0 Å². The number of benzene rings is 1. The summed E-state index contributed by atoms with van der Waals surface area (Å²) in [5, 5.41) is 12.4. The van der Waals surface area contributed by atoms with Crippen molar-refractivity contribution in [1.82, 2.24) is 0 Å². The third-order valence-corrected chi connectivity index (χ3v) is 4.19. The average molecular weight is 265 g/mol. The third-order valence-electron chi connectivity index (χ3n) is 4.19. The Bertz CT molecular complexity index is 453. The summed E-state index contributed by atoms with van der Waals surface area (Å²) in [4.78, 5) is 11.6. The van der Waals surface area contributed by atoms with Gasteiger partial charge in [0.2, 0.25) is 0 Å². The smallest absolute Gasteiger partial charge is 0.329 e. The van der Waals surface area contributed by atoms with Gasteiger partial charge in [-0.15, -0.1) is 0 Å². The van der Waals surface area contributed by atoms with E-state index in [0.717, 1.165) is 19.3 Å². The van der Waals surface area contributed by atoms with Gasteiger partial charge in [-0.05, 0) is 43.7 Å². The Morgan fingerprint density at radius 1 is 1.42 bits per heavy atom. The summed E-state index contributed by atoms with van der Waals surface area (Å²) < 4.78 is 13.7. The summed E-state index contributed by atoms with van der Waals surface area (Å²) in [6, 6.07) is 6.24. The number of para-hydroxylation sites is 1. The van der Waals surface area contributed by atoms with E-state index in [4.69, 9.17) is 0 Å². The van der Waals surface area contributed by atoms with Crippen molar-refractivity contribution in [3.63, 3.8) is 0 Å². The molecule has 0 aliphatic heterocycles. The predicted octanol–water partition coefficient (Wildman–Crippen LogP) is 3.66. The highest BCUT2D eigenvalue weighted by atomic mass is 19.1. The van der Waals surface area contributed by atoms with E-state index in [0.29, 0.717) is 18.8 Å². The van der Waals surface area contributed by atoms with Crippen molar-refractivity contribution in [2.45, 2.75) is 44.6 Å². The molecule has 0 spiro atoms. The van der Waals surface area contributed by atoms with Gasteiger partial charge in [-0.2, -0.15) is 0 Å². The van der Waals surface area contributed by atoms with E-state index < -0.39 is 17.3 Å². The van der Waals surface area contributed by atoms with E-state index >= 15 is 0 Å². The molecule has 1 aromatic rings. The lowest BCUT2D eigenvalue weighted by atomic mass is 9.75. The number of carbonyl (C=O) groups is 1. The second kappa shape index (κ2) is 5.59. The Labute approximate surface area is 112 Å². The molecule has 3 nitrogen and oxygen atoms in total. The summed E-state index contributed by atoms with van der Waals surface area (Å²) >= 11 is 0. The van der Waals surface area contributed by atoms with Crippen LogP contribution in [0, 0.1) is 11.7 Å². The molecule has 1 aromatic carbocycles. The first-order valence-corrected chi connectivity index (χ1v) is 6.83. The van der Waals surface area contributed by atoms with Gasteiger partial charge in [-0.25, -0.2) is 9.18 Å². The van der Waals surface area contributed by atoms with Crippen molar-refractivity contribution < 1.29 is 14.3 Å². The Hall–Kier alpha value is -1.58. The van der Waals surface area contributed by atoms with E-state index in [1.165, 1.54) is 6.07 Å². The first-order chi connectivity index (χ1) is 9.07. The first kappa shape index (κ1) is 13.8. The first-order valence-electron chi connectivity index (χ1n) is 6.83. The Balaban J connectivity index is 2.18. The van der Waals surface area contributed by atoms with Crippen LogP contribution < -0.4 is 5.32 Å². The Morgan fingerprint density at radius 3 is 2.58 bits per heavy atom. The van der Waals surface area contributed by atoms with Crippen LogP contribution in [0.15, 0.2) is 24.3 Å². The summed E-state index contributed by atoms with van der Waals surface area (Å²) in [7, 11) is 0. The van der Waals surface area contributed by atoms with Crippen LogP contribution in [0.3, 0.4) is 0 Å². The fourth-order valence-electron chi connectivity index (χ4n) is 2.79. The standard InChI is InChI=1S/C15H20FNO2/c1-2-11-7-9-15(10-8-11,14(18)19)17-13-6-4-3-5-12(13)16/h3-6,11,17H,2,7-10H2,1H3,(H,18,19). The molecule has 0 radical (unpaired) electrons. The number of aliphatic carboxylic acids is 1. The van der Waals surface area contributed by atoms with Gasteiger partial charge >= 0.3 is 5.97 Å². The van der Waals surface area contributed by atoms with E-state index in [-0.39, 0.29) is 5.69 Å². The third kappa shape index (κ3) is 2.88. The zero-order valence-corrected chi connectivity index (χ0v) is 11.2. The lowest BCUT2D eigenvalue weighted by Crippen LogP contribution is -2.49. The quantitative estimate of drug-likeness (QED) is 0.873. The predicted molar refractivity (Wildman–Crippen MR) is 72.6 cm³/mol. The molecule has 0 unspecified atom stereocenters. The molecule has 1 aliphatic rings. The van der Waals surface area contributed by atoms with Crippen LogP contribution in [0.2, 0.25) is 0 Å². The van der Waals surface area contributed by atoms with Crippen LogP contribution in [0.5, 0.6) is 0 Å². The maximum Gasteiger partial charge on any atom is 0.329 e. The number of carboxylic acids is 1. The number of carboxylic acid groups (broad SMARTS) is 1. The van der Waals surface area contributed by atoms with Crippen LogP contribution in [0.1, 0.15) is 39.0 Å². The maximum absolute atomic E-state index is 13.7. The molecular weight excluding hydrogens is 245 g/mol. The van der Waals surface area contributed by atoms with E-state index in [1.807, 2.05) is 0 Å². The molecule has 0 bridgehead atoms. The molecule has 1 saturated carbocycles. The van der Waals surface area contributed by atoms with Gasteiger partial charge in [-0.3, -0.25) is 0 Å². The molecule has 104 valence electrons. The molecule has 0 atom stereocenters.